The van der Waals surface area contributed by atoms with E-state index in [2.05, 4.69) is 0 Å². The smallest absolute Gasteiger partial charge is 0.311 e. The molecule has 6 heteroatoms. The number of hydrogen-bond acceptors (Lipinski definition) is 4. The second-order valence-electron chi connectivity index (χ2n) is 3.50. The topological polar surface area (TPSA) is 80.7 Å². The Morgan fingerprint density at radius 1 is 1.35 bits per heavy atom. The van der Waals surface area contributed by atoms with Gasteiger partial charge >= 0.3 is 5.97 Å². The molecule has 0 aliphatic carbocycles. The van der Waals surface area contributed by atoms with Crippen LogP contribution in [0, 0.1) is 0 Å². The summed E-state index contributed by atoms with van der Waals surface area (Å²) >= 11 is 0. The summed E-state index contributed by atoms with van der Waals surface area (Å²) in [5, 5.41) is 0. The van der Waals surface area contributed by atoms with Crippen molar-refractivity contribution in [1.82, 2.24) is 0 Å². The van der Waals surface area contributed by atoms with Gasteiger partial charge in [0.05, 0.1) is 0 Å². The molecule has 0 atom stereocenters. The minimum absolute atomic E-state index is 0.142. The molecule has 0 aliphatic rings. The van der Waals surface area contributed by atoms with Crippen molar-refractivity contribution in [3.63, 3.8) is 0 Å². The number of ether oxygens (including phenoxy) is 1. The van der Waals surface area contributed by atoms with Crippen molar-refractivity contribution in [3.05, 3.63) is 24.3 Å². The van der Waals surface area contributed by atoms with Crippen molar-refractivity contribution in [2.24, 2.45) is 0 Å². The molecule has 17 heavy (non-hydrogen) atoms. The standard InChI is InChI=1S/C11H14O5S/c1-2-3-8-11(12)16-9-6-4-5-7-10(9)17(13,14)15/h4-7H,2-3,8H2,1H3,(H,13,14,15). The van der Waals surface area contributed by atoms with Crippen LogP contribution in [-0.2, 0) is 14.9 Å². The molecule has 0 spiro atoms. The Balaban J connectivity index is 2.88. The average molecular weight is 258 g/mol. The SMILES string of the molecule is CCCCC(=O)Oc1ccccc1S(=O)(=O)O. The van der Waals surface area contributed by atoms with Crippen LogP contribution in [-0.4, -0.2) is 18.9 Å². The largest absolute Gasteiger partial charge is 0.425 e. The molecule has 0 fully saturated rings. The molecule has 1 aromatic rings. The fourth-order valence-electron chi connectivity index (χ4n) is 1.24. The fraction of sp³-hybridized carbons (Fsp3) is 0.364. The molecule has 1 N–H and O–H groups in total. The first-order chi connectivity index (χ1) is 7.95. The normalized spacial score (nSPS) is 11.2. The van der Waals surface area contributed by atoms with E-state index in [0.717, 1.165) is 6.42 Å². The van der Waals surface area contributed by atoms with E-state index in [0.29, 0.717) is 6.42 Å². The summed E-state index contributed by atoms with van der Waals surface area (Å²) in [4.78, 5) is 11.0. The number of carbonyl (C=O) groups excluding carboxylic acids is 1. The van der Waals surface area contributed by atoms with E-state index in [9.17, 15) is 13.2 Å². The molecule has 0 saturated heterocycles. The Morgan fingerprint density at radius 3 is 2.59 bits per heavy atom. The van der Waals surface area contributed by atoms with Gasteiger partial charge in [0.25, 0.3) is 10.1 Å². The Morgan fingerprint density at radius 2 is 2.00 bits per heavy atom. The highest BCUT2D eigenvalue weighted by Crippen LogP contribution is 2.23. The molecule has 0 bridgehead atoms. The van der Waals surface area contributed by atoms with E-state index in [1.165, 1.54) is 24.3 Å². The maximum Gasteiger partial charge on any atom is 0.311 e. The number of para-hydroxylation sites is 1. The highest BCUT2D eigenvalue weighted by atomic mass is 32.2. The van der Waals surface area contributed by atoms with Gasteiger partial charge in [0, 0.05) is 6.42 Å². The highest BCUT2D eigenvalue weighted by Gasteiger charge is 2.17. The van der Waals surface area contributed by atoms with Gasteiger partial charge in [0.1, 0.15) is 4.90 Å². The summed E-state index contributed by atoms with van der Waals surface area (Å²) in [6, 6.07) is 5.47. The van der Waals surface area contributed by atoms with Crippen molar-refractivity contribution in [1.29, 1.82) is 0 Å². The minimum Gasteiger partial charge on any atom is -0.425 e. The third kappa shape index (κ3) is 4.16. The molecule has 0 radical (unpaired) electrons. The Hall–Kier alpha value is -1.40. The quantitative estimate of drug-likeness (QED) is 0.496. The van der Waals surface area contributed by atoms with Gasteiger partial charge < -0.3 is 4.74 Å². The highest BCUT2D eigenvalue weighted by molar-refractivity contribution is 7.86. The van der Waals surface area contributed by atoms with Crippen LogP contribution >= 0.6 is 0 Å². The molecular weight excluding hydrogens is 244 g/mol. The van der Waals surface area contributed by atoms with Gasteiger partial charge in [-0.2, -0.15) is 8.42 Å². The van der Waals surface area contributed by atoms with Crippen molar-refractivity contribution >= 4 is 16.1 Å². The fourth-order valence-corrected chi connectivity index (χ4v) is 1.86. The van der Waals surface area contributed by atoms with Crippen LogP contribution in [0.5, 0.6) is 5.75 Å². The third-order valence-corrected chi connectivity index (χ3v) is 2.98. The predicted octanol–water partition coefficient (Wildman–Crippen LogP) is 2.03. The first-order valence-corrected chi connectivity index (χ1v) is 6.66. The number of rotatable bonds is 5. The molecular formula is C11H14O5S. The van der Waals surface area contributed by atoms with Gasteiger partial charge in [0.15, 0.2) is 5.75 Å². The summed E-state index contributed by atoms with van der Waals surface area (Å²) in [6.07, 6.45) is 1.73. The van der Waals surface area contributed by atoms with E-state index in [1.54, 1.807) is 0 Å². The van der Waals surface area contributed by atoms with Gasteiger partial charge in [-0.15, -0.1) is 0 Å². The summed E-state index contributed by atoms with van der Waals surface area (Å²) in [5.41, 5.74) is 0. The number of benzene rings is 1. The monoisotopic (exact) mass is 258 g/mol. The Bertz CT molecular complexity index is 492. The van der Waals surface area contributed by atoms with E-state index >= 15 is 0 Å². The molecule has 5 nitrogen and oxygen atoms in total. The average Bonchev–Trinajstić information content (AvgIpc) is 2.25. The predicted molar refractivity (Wildman–Crippen MR) is 61.4 cm³/mol. The van der Waals surface area contributed by atoms with Gasteiger partial charge in [-0.05, 0) is 18.6 Å². The third-order valence-electron chi connectivity index (χ3n) is 2.09. The van der Waals surface area contributed by atoms with Crippen molar-refractivity contribution in [3.8, 4) is 5.75 Å². The van der Waals surface area contributed by atoms with Crippen LogP contribution in [0.15, 0.2) is 29.2 Å². The summed E-state index contributed by atoms with van der Waals surface area (Å²) in [6.45, 7) is 1.93. The van der Waals surface area contributed by atoms with Crippen LogP contribution < -0.4 is 4.74 Å². The lowest BCUT2D eigenvalue weighted by molar-refractivity contribution is -0.134. The van der Waals surface area contributed by atoms with E-state index in [1.807, 2.05) is 6.92 Å². The van der Waals surface area contributed by atoms with Crippen LogP contribution in [0.1, 0.15) is 26.2 Å². The van der Waals surface area contributed by atoms with Crippen LogP contribution in [0.4, 0.5) is 0 Å². The molecule has 0 unspecified atom stereocenters. The molecule has 0 aromatic heterocycles. The second kappa shape index (κ2) is 5.79. The molecule has 0 heterocycles. The van der Waals surface area contributed by atoms with E-state index in [4.69, 9.17) is 9.29 Å². The maximum absolute atomic E-state index is 11.4. The summed E-state index contributed by atoms with van der Waals surface area (Å²) in [7, 11) is -4.38. The van der Waals surface area contributed by atoms with Crippen LogP contribution in [0.3, 0.4) is 0 Å². The van der Waals surface area contributed by atoms with E-state index < -0.39 is 21.0 Å². The first kappa shape index (κ1) is 13.7. The summed E-state index contributed by atoms with van der Waals surface area (Å²) in [5.74, 6) is -0.654. The first-order valence-electron chi connectivity index (χ1n) is 5.22. The zero-order chi connectivity index (χ0) is 12.9. The van der Waals surface area contributed by atoms with E-state index in [-0.39, 0.29) is 12.2 Å². The van der Waals surface area contributed by atoms with Crippen molar-refractivity contribution in [2.75, 3.05) is 0 Å². The molecule has 94 valence electrons. The number of carbonyl (C=O) groups is 1. The zero-order valence-corrected chi connectivity index (χ0v) is 10.2. The molecule has 1 rings (SSSR count). The van der Waals surface area contributed by atoms with Gasteiger partial charge in [0.2, 0.25) is 0 Å². The molecule has 0 saturated carbocycles. The Labute approximate surface area is 100 Å². The lowest BCUT2D eigenvalue weighted by Gasteiger charge is -2.07. The van der Waals surface area contributed by atoms with Gasteiger partial charge in [-0.1, -0.05) is 25.5 Å². The minimum atomic E-state index is -4.38. The number of unbranched alkanes of at least 4 members (excludes halogenated alkanes) is 1. The van der Waals surface area contributed by atoms with Crippen molar-refractivity contribution < 1.29 is 22.5 Å². The summed E-state index contributed by atoms with van der Waals surface area (Å²) < 4.78 is 35.9. The molecule has 0 aliphatic heterocycles. The van der Waals surface area contributed by atoms with Gasteiger partial charge in [-0.25, -0.2) is 0 Å². The van der Waals surface area contributed by atoms with Crippen LogP contribution in [0.25, 0.3) is 0 Å². The number of esters is 1. The van der Waals surface area contributed by atoms with Gasteiger partial charge in [-0.3, -0.25) is 9.35 Å². The lowest BCUT2D eigenvalue weighted by Crippen LogP contribution is -2.10. The molecule has 1 aromatic carbocycles. The second-order valence-corrected chi connectivity index (χ2v) is 4.89. The zero-order valence-electron chi connectivity index (χ0n) is 9.42. The number of hydrogen-bond donors (Lipinski definition) is 1. The maximum atomic E-state index is 11.4. The van der Waals surface area contributed by atoms with Crippen LogP contribution in [0.2, 0.25) is 0 Å². The molecule has 0 amide bonds. The van der Waals surface area contributed by atoms with Crippen molar-refractivity contribution in [2.45, 2.75) is 31.1 Å². The Kier molecular flexibility index (Phi) is 4.65. The lowest BCUT2D eigenvalue weighted by atomic mass is 10.2.